The van der Waals surface area contributed by atoms with Gasteiger partial charge in [-0.15, -0.1) is 12.4 Å². The molecule has 0 bridgehead atoms. The Bertz CT molecular complexity index is 404. The van der Waals surface area contributed by atoms with Crippen molar-refractivity contribution in [2.24, 2.45) is 5.73 Å². The normalized spacial score (nSPS) is 23.0. The molecule has 1 aromatic carbocycles. The average molecular weight is 289 g/mol. The lowest BCUT2D eigenvalue weighted by Gasteiger charge is -2.26. The highest BCUT2D eigenvalue weighted by molar-refractivity contribution is 6.30. The number of benzene rings is 1. The highest BCUT2D eigenvalue weighted by Gasteiger charge is 2.20. The molecule has 0 spiro atoms. The molecule has 1 amide bonds. The number of carbonyl (C=O) groups is 1. The number of hydrogen-bond donors (Lipinski definition) is 2. The van der Waals surface area contributed by atoms with E-state index in [1.165, 1.54) is 0 Å². The Morgan fingerprint density at radius 2 is 1.94 bits per heavy atom. The summed E-state index contributed by atoms with van der Waals surface area (Å²) in [6, 6.07) is 7.56. The molecule has 0 aliphatic heterocycles. The number of nitrogens with one attached hydrogen (secondary N) is 1. The van der Waals surface area contributed by atoms with E-state index < -0.39 is 0 Å². The number of nitrogens with two attached hydrogens (primary N) is 1. The summed E-state index contributed by atoms with van der Waals surface area (Å²) in [4.78, 5) is 11.9. The first kappa shape index (κ1) is 15.3. The van der Waals surface area contributed by atoms with E-state index in [1.54, 1.807) is 24.3 Å². The lowest BCUT2D eigenvalue weighted by atomic mass is 9.91. The van der Waals surface area contributed by atoms with Crippen LogP contribution in [0, 0.1) is 0 Å². The van der Waals surface area contributed by atoms with Crippen LogP contribution in [0.3, 0.4) is 0 Å². The lowest BCUT2D eigenvalue weighted by Crippen LogP contribution is -2.40. The van der Waals surface area contributed by atoms with Gasteiger partial charge in [-0.3, -0.25) is 4.79 Å². The zero-order valence-corrected chi connectivity index (χ0v) is 11.6. The van der Waals surface area contributed by atoms with Gasteiger partial charge in [0, 0.05) is 22.7 Å². The molecule has 0 heterocycles. The maximum Gasteiger partial charge on any atom is 0.251 e. The third kappa shape index (κ3) is 4.16. The highest BCUT2D eigenvalue weighted by Crippen LogP contribution is 2.18. The summed E-state index contributed by atoms with van der Waals surface area (Å²) >= 11 is 5.85. The molecular formula is C13H18Cl2N2O. The molecule has 0 atom stereocenters. The summed E-state index contributed by atoms with van der Waals surface area (Å²) in [7, 11) is 0. The first-order valence-corrected chi connectivity index (χ1v) is 6.35. The van der Waals surface area contributed by atoms with Crippen molar-refractivity contribution in [3.05, 3.63) is 34.9 Å². The van der Waals surface area contributed by atoms with Gasteiger partial charge in [-0.05, 0) is 43.9 Å². The molecule has 0 aromatic heterocycles. The summed E-state index contributed by atoms with van der Waals surface area (Å²) in [6.45, 7) is 0. The smallest absolute Gasteiger partial charge is 0.251 e. The minimum atomic E-state index is -0.0482. The second kappa shape index (κ2) is 6.98. The van der Waals surface area contributed by atoms with Gasteiger partial charge in [0.05, 0.1) is 0 Å². The molecule has 1 saturated carbocycles. The van der Waals surface area contributed by atoms with Crippen LogP contribution in [0.2, 0.25) is 5.02 Å². The van der Waals surface area contributed by atoms with Crippen molar-refractivity contribution in [1.82, 2.24) is 5.32 Å². The summed E-state index contributed by atoms with van der Waals surface area (Å²) in [6.07, 6.45) is 3.90. The molecule has 1 fully saturated rings. The van der Waals surface area contributed by atoms with E-state index in [0.717, 1.165) is 25.7 Å². The Kier molecular flexibility index (Phi) is 5.93. The lowest BCUT2D eigenvalue weighted by molar-refractivity contribution is 0.0926. The monoisotopic (exact) mass is 288 g/mol. The third-order valence-electron chi connectivity index (χ3n) is 3.19. The Morgan fingerprint density at radius 3 is 2.56 bits per heavy atom. The van der Waals surface area contributed by atoms with Gasteiger partial charge in [0.2, 0.25) is 0 Å². The predicted molar refractivity (Wildman–Crippen MR) is 76.4 cm³/mol. The van der Waals surface area contributed by atoms with Crippen LogP contribution in [0.1, 0.15) is 36.0 Å². The second-order valence-corrected chi connectivity index (χ2v) is 5.03. The SMILES string of the molecule is Cl.NC1CCC(NC(=O)c2cccc(Cl)c2)CC1. The fraction of sp³-hybridized carbons (Fsp3) is 0.462. The minimum absolute atomic E-state index is 0. The molecule has 0 saturated heterocycles. The van der Waals surface area contributed by atoms with Crippen molar-refractivity contribution < 1.29 is 4.79 Å². The molecular weight excluding hydrogens is 271 g/mol. The second-order valence-electron chi connectivity index (χ2n) is 4.60. The molecule has 18 heavy (non-hydrogen) atoms. The molecule has 2 rings (SSSR count). The van der Waals surface area contributed by atoms with Gasteiger partial charge < -0.3 is 11.1 Å². The largest absolute Gasteiger partial charge is 0.349 e. The molecule has 1 aliphatic carbocycles. The zero-order chi connectivity index (χ0) is 12.3. The molecule has 3 nitrogen and oxygen atoms in total. The van der Waals surface area contributed by atoms with Crippen LogP contribution >= 0.6 is 24.0 Å². The van der Waals surface area contributed by atoms with Crippen molar-refractivity contribution >= 4 is 29.9 Å². The van der Waals surface area contributed by atoms with Crippen LogP contribution in [0.5, 0.6) is 0 Å². The van der Waals surface area contributed by atoms with Crippen LogP contribution < -0.4 is 11.1 Å². The van der Waals surface area contributed by atoms with Gasteiger partial charge in [0.25, 0.3) is 5.91 Å². The zero-order valence-electron chi connectivity index (χ0n) is 10.1. The molecule has 1 aliphatic rings. The van der Waals surface area contributed by atoms with Gasteiger partial charge >= 0.3 is 0 Å². The molecule has 3 N–H and O–H groups in total. The van der Waals surface area contributed by atoms with E-state index in [1.807, 2.05) is 0 Å². The average Bonchev–Trinajstić information content (AvgIpc) is 2.32. The Hall–Kier alpha value is -0.770. The maximum absolute atomic E-state index is 11.9. The van der Waals surface area contributed by atoms with E-state index in [4.69, 9.17) is 17.3 Å². The van der Waals surface area contributed by atoms with E-state index in [0.29, 0.717) is 16.6 Å². The number of carbonyl (C=O) groups excluding carboxylic acids is 1. The van der Waals surface area contributed by atoms with E-state index in [-0.39, 0.29) is 24.4 Å². The fourth-order valence-corrected chi connectivity index (χ4v) is 2.35. The van der Waals surface area contributed by atoms with Crippen LogP contribution in [0.4, 0.5) is 0 Å². The maximum atomic E-state index is 11.9. The number of hydrogen-bond acceptors (Lipinski definition) is 2. The quantitative estimate of drug-likeness (QED) is 0.879. The molecule has 100 valence electrons. The van der Waals surface area contributed by atoms with Crippen molar-refractivity contribution in [1.29, 1.82) is 0 Å². The van der Waals surface area contributed by atoms with Crippen molar-refractivity contribution in [3.8, 4) is 0 Å². The highest BCUT2D eigenvalue weighted by atomic mass is 35.5. The number of halogens is 2. The van der Waals surface area contributed by atoms with Crippen molar-refractivity contribution in [2.75, 3.05) is 0 Å². The van der Waals surface area contributed by atoms with Crippen LogP contribution in [-0.2, 0) is 0 Å². The number of rotatable bonds is 2. The third-order valence-corrected chi connectivity index (χ3v) is 3.43. The fourth-order valence-electron chi connectivity index (χ4n) is 2.16. The first-order chi connectivity index (χ1) is 8.15. The molecule has 1 aromatic rings. The van der Waals surface area contributed by atoms with Crippen LogP contribution in [0.15, 0.2) is 24.3 Å². The van der Waals surface area contributed by atoms with Crippen molar-refractivity contribution in [3.63, 3.8) is 0 Å². The minimum Gasteiger partial charge on any atom is -0.349 e. The molecule has 0 unspecified atom stereocenters. The Morgan fingerprint density at radius 1 is 1.28 bits per heavy atom. The first-order valence-electron chi connectivity index (χ1n) is 5.97. The summed E-state index contributed by atoms with van der Waals surface area (Å²) in [5, 5.41) is 3.62. The summed E-state index contributed by atoms with van der Waals surface area (Å²) in [5.41, 5.74) is 6.45. The van der Waals surface area contributed by atoms with Crippen molar-refractivity contribution in [2.45, 2.75) is 37.8 Å². The van der Waals surface area contributed by atoms with Gasteiger partial charge in [-0.2, -0.15) is 0 Å². The summed E-state index contributed by atoms with van der Waals surface area (Å²) in [5.74, 6) is -0.0482. The van der Waals surface area contributed by atoms with Gasteiger partial charge in [-0.1, -0.05) is 17.7 Å². The van der Waals surface area contributed by atoms with Crippen LogP contribution in [0.25, 0.3) is 0 Å². The number of amides is 1. The van der Waals surface area contributed by atoms with E-state index >= 15 is 0 Å². The predicted octanol–water partition coefficient (Wildman–Crippen LogP) is 2.76. The van der Waals surface area contributed by atoms with Crippen LogP contribution in [-0.4, -0.2) is 18.0 Å². The van der Waals surface area contributed by atoms with Gasteiger partial charge in [0.15, 0.2) is 0 Å². The molecule has 0 radical (unpaired) electrons. The van der Waals surface area contributed by atoms with Gasteiger partial charge in [0.1, 0.15) is 0 Å². The Labute approximate surface area is 118 Å². The van der Waals surface area contributed by atoms with E-state index in [9.17, 15) is 4.79 Å². The van der Waals surface area contributed by atoms with E-state index in [2.05, 4.69) is 5.32 Å². The topological polar surface area (TPSA) is 55.1 Å². The standard InChI is InChI=1S/C13H17ClN2O.ClH/c14-10-3-1-2-9(8-10)13(17)16-12-6-4-11(15)5-7-12;/h1-3,8,11-12H,4-7,15H2,(H,16,17);1H. The Balaban J connectivity index is 0.00000162. The van der Waals surface area contributed by atoms with Gasteiger partial charge in [-0.25, -0.2) is 0 Å². The summed E-state index contributed by atoms with van der Waals surface area (Å²) < 4.78 is 0. The molecule has 5 heteroatoms.